The lowest BCUT2D eigenvalue weighted by molar-refractivity contribution is -0.136. The highest BCUT2D eigenvalue weighted by Gasteiger charge is 2.68. The minimum Gasteiger partial charge on any atom is -0.465 e. The fraction of sp³-hybridized carbons (Fsp3) is 0.333. The quantitative estimate of drug-likeness (QED) is 0.352. The molecular weight excluding hydrogens is 523 g/mol. The number of carbonyl (C=O) groups excluding carboxylic acids is 1. The van der Waals surface area contributed by atoms with Crippen LogP contribution in [-0.4, -0.2) is 44.2 Å². The Hall–Kier alpha value is -2.90. The SMILES string of the molecule is CC(c1ccccc1)N1[C@@H](C(C)(C)C)C(=O)N(C(=O)O)[C@]1(c1c(Cl)cccc1Cl)[C@@H](O)Cc1ccccc1. The van der Waals surface area contributed by atoms with Gasteiger partial charge in [-0.2, -0.15) is 0 Å². The largest absolute Gasteiger partial charge is 0.465 e. The van der Waals surface area contributed by atoms with Gasteiger partial charge < -0.3 is 10.2 Å². The fourth-order valence-corrected chi connectivity index (χ4v) is 6.39. The highest BCUT2D eigenvalue weighted by atomic mass is 35.5. The first-order chi connectivity index (χ1) is 17.9. The van der Waals surface area contributed by atoms with Gasteiger partial charge in [-0.05, 0) is 35.6 Å². The van der Waals surface area contributed by atoms with E-state index in [0.717, 1.165) is 16.0 Å². The molecule has 4 rings (SSSR count). The van der Waals surface area contributed by atoms with E-state index in [1.807, 2.05) is 88.4 Å². The van der Waals surface area contributed by atoms with Crippen molar-refractivity contribution in [2.24, 2.45) is 5.41 Å². The number of aliphatic hydroxyl groups is 1. The Morgan fingerprint density at radius 3 is 1.97 bits per heavy atom. The lowest BCUT2D eigenvalue weighted by Gasteiger charge is -2.50. The Morgan fingerprint density at radius 1 is 0.947 bits per heavy atom. The second kappa shape index (κ2) is 10.7. The average Bonchev–Trinajstić information content (AvgIpc) is 3.14. The van der Waals surface area contributed by atoms with Crippen molar-refractivity contribution in [3.8, 4) is 0 Å². The summed E-state index contributed by atoms with van der Waals surface area (Å²) < 4.78 is 0. The monoisotopic (exact) mass is 554 g/mol. The van der Waals surface area contributed by atoms with Gasteiger partial charge in [0.05, 0.1) is 6.04 Å². The van der Waals surface area contributed by atoms with Crippen LogP contribution in [0.5, 0.6) is 0 Å². The van der Waals surface area contributed by atoms with Crippen molar-refractivity contribution in [3.05, 3.63) is 106 Å². The van der Waals surface area contributed by atoms with Crippen molar-refractivity contribution in [2.75, 3.05) is 0 Å². The van der Waals surface area contributed by atoms with Crippen LogP contribution in [0.25, 0.3) is 0 Å². The van der Waals surface area contributed by atoms with Crippen LogP contribution in [0.2, 0.25) is 10.0 Å². The standard InChI is InChI=1S/C30H32Cl2N2O4/c1-19(21-14-9-6-10-15-21)33-26(29(2,3)4)27(36)34(28(37)38)30(33,25-22(31)16-11-17-23(25)32)24(35)18-20-12-7-5-8-13-20/h5-17,19,24,26,35H,18H2,1-4H3,(H,37,38)/t19?,24-,26+,30-/m0/s1. The van der Waals surface area contributed by atoms with Gasteiger partial charge in [0.25, 0.3) is 5.91 Å². The molecule has 1 saturated heterocycles. The number of aliphatic hydroxyl groups excluding tert-OH is 1. The summed E-state index contributed by atoms with van der Waals surface area (Å²) >= 11 is 13.6. The maximum absolute atomic E-state index is 14.2. The first kappa shape index (κ1) is 28.1. The molecule has 0 bridgehead atoms. The number of benzene rings is 3. The summed E-state index contributed by atoms with van der Waals surface area (Å²) in [6.45, 7) is 7.55. The van der Waals surface area contributed by atoms with Gasteiger partial charge in [-0.1, -0.05) is 111 Å². The molecule has 1 aliphatic heterocycles. The number of nitrogens with zero attached hydrogens (tertiary/aromatic N) is 2. The van der Waals surface area contributed by atoms with E-state index in [-0.39, 0.29) is 22.0 Å². The van der Waals surface area contributed by atoms with E-state index < -0.39 is 41.3 Å². The lowest BCUT2D eigenvalue weighted by atomic mass is 9.81. The molecule has 0 aliphatic carbocycles. The van der Waals surface area contributed by atoms with Gasteiger partial charge in [-0.25, -0.2) is 9.69 Å². The molecule has 2 N–H and O–H groups in total. The van der Waals surface area contributed by atoms with E-state index in [1.165, 1.54) is 0 Å². The van der Waals surface area contributed by atoms with E-state index in [0.29, 0.717) is 0 Å². The van der Waals surface area contributed by atoms with Crippen LogP contribution < -0.4 is 0 Å². The van der Waals surface area contributed by atoms with Gasteiger partial charge in [0.1, 0.15) is 6.10 Å². The van der Waals surface area contributed by atoms with Crippen LogP contribution in [0.3, 0.4) is 0 Å². The molecular formula is C30H32Cl2N2O4. The third-order valence-corrected chi connectivity index (χ3v) is 7.88. The van der Waals surface area contributed by atoms with Gasteiger partial charge >= 0.3 is 6.09 Å². The summed E-state index contributed by atoms with van der Waals surface area (Å²) in [5, 5.41) is 23.1. The third-order valence-electron chi connectivity index (χ3n) is 7.25. The summed E-state index contributed by atoms with van der Waals surface area (Å²) in [6.07, 6.45) is -2.86. The van der Waals surface area contributed by atoms with Crippen molar-refractivity contribution in [1.82, 2.24) is 9.80 Å². The van der Waals surface area contributed by atoms with Crippen molar-refractivity contribution >= 4 is 35.2 Å². The number of hydrogen-bond acceptors (Lipinski definition) is 4. The Balaban J connectivity index is 2.12. The molecule has 38 heavy (non-hydrogen) atoms. The maximum Gasteiger partial charge on any atom is 0.416 e. The highest BCUT2D eigenvalue weighted by molar-refractivity contribution is 6.36. The van der Waals surface area contributed by atoms with Crippen LogP contribution in [0.4, 0.5) is 4.79 Å². The van der Waals surface area contributed by atoms with Gasteiger partial charge in [-0.15, -0.1) is 0 Å². The summed E-state index contributed by atoms with van der Waals surface area (Å²) in [4.78, 5) is 29.8. The molecule has 6 nitrogen and oxygen atoms in total. The van der Waals surface area contributed by atoms with Crippen LogP contribution in [0, 0.1) is 5.41 Å². The first-order valence-corrected chi connectivity index (χ1v) is 13.2. The lowest BCUT2D eigenvalue weighted by Crippen LogP contribution is -2.62. The highest BCUT2D eigenvalue weighted by Crippen LogP contribution is 2.55. The van der Waals surface area contributed by atoms with E-state index in [9.17, 15) is 19.8 Å². The molecule has 0 aromatic heterocycles. The molecule has 0 spiro atoms. The Kier molecular flexibility index (Phi) is 7.91. The van der Waals surface area contributed by atoms with Crippen molar-refractivity contribution in [3.63, 3.8) is 0 Å². The zero-order valence-electron chi connectivity index (χ0n) is 21.8. The minimum atomic E-state index is -1.93. The summed E-state index contributed by atoms with van der Waals surface area (Å²) in [5.41, 5.74) is -0.845. The summed E-state index contributed by atoms with van der Waals surface area (Å²) in [5.74, 6) is -0.643. The van der Waals surface area contributed by atoms with Crippen molar-refractivity contribution < 1.29 is 19.8 Å². The topological polar surface area (TPSA) is 81.1 Å². The number of carboxylic acid groups (broad SMARTS) is 1. The van der Waals surface area contributed by atoms with E-state index in [1.54, 1.807) is 23.1 Å². The zero-order valence-corrected chi connectivity index (χ0v) is 23.3. The molecule has 1 unspecified atom stereocenters. The predicted octanol–water partition coefficient (Wildman–Crippen LogP) is 6.75. The summed E-state index contributed by atoms with van der Waals surface area (Å²) in [7, 11) is 0. The number of carbonyl (C=O) groups is 2. The van der Waals surface area contributed by atoms with Gasteiger partial charge in [0.15, 0.2) is 5.66 Å². The number of imide groups is 1. The fourth-order valence-electron chi connectivity index (χ4n) is 5.72. The van der Waals surface area contributed by atoms with Crippen LogP contribution in [0.1, 0.15) is 50.4 Å². The number of rotatable bonds is 6. The van der Waals surface area contributed by atoms with E-state index in [2.05, 4.69) is 0 Å². The third kappa shape index (κ3) is 4.71. The number of hydrogen-bond donors (Lipinski definition) is 2. The van der Waals surface area contributed by atoms with Crippen molar-refractivity contribution in [2.45, 2.75) is 58.0 Å². The number of halogens is 2. The molecule has 0 saturated carbocycles. The van der Waals surface area contributed by atoms with Gasteiger partial charge in [0.2, 0.25) is 0 Å². The molecule has 1 fully saturated rings. The van der Waals surface area contributed by atoms with Gasteiger partial charge in [-0.3, -0.25) is 9.69 Å². The van der Waals surface area contributed by atoms with Crippen molar-refractivity contribution in [1.29, 1.82) is 0 Å². The van der Waals surface area contributed by atoms with Crippen LogP contribution in [0.15, 0.2) is 78.9 Å². The molecule has 3 aromatic rings. The smallest absolute Gasteiger partial charge is 0.416 e. The maximum atomic E-state index is 14.2. The van der Waals surface area contributed by atoms with E-state index >= 15 is 0 Å². The van der Waals surface area contributed by atoms with E-state index in [4.69, 9.17) is 23.2 Å². The zero-order chi connectivity index (χ0) is 27.8. The molecule has 1 aliphatic rings. The molecule has 200 valence electrons. The molecule has 1 heterocycles. The molecule has 2 amide bonds. The normalized spacial score (nSPS) is 21.9. The van der Waals surface area contributed by atoms with Gasteiger partial charge in [0, 0.05) is 28.1 Å². The Morgan fingerprint density at radius 2 is 1.47 bits per heavy atom. The number of amides is 2. The predicted molar refractivity (Wildman–Crippen MR) is 149 cm³/mol. The molecule has 3 aromatic carbocycles. The van der Waals surface area contributed by atoms with Crippen LogP contribution in [-0.2, 0) is 16.9 Å². The Labute approximate surface area is 233 Å². The molecule has 4 atom stereocenters. The second-order valence-electron chi connectivity index (χ2n) is 10.7. The average molecular weight is 556 g/mol. The Bertz CT molecular complexity index is 1290. The second-order valence-corrected chi connectivity index (χ2v) is 11.6. The molecule has 0 radical (unpaired) electrons. The molecule has 8 heteroatoms. The van der Waals surface area contributed by atoms with Crippen LogP contribution >= 0.6 is 23.2 Å². The minimum absolute atomic E-state index is 0.0499. The first-order valence-electron chi connectivity index (χ1n) is 12.5. The summed E-state index contributed by atoms with van der Waals surface area (Å²) in [6, 6.07) is 22.1.